The van der Waals surface area contributed by atoms with Crippen LogP contribution in [0.5, 0.6) is 0 Å². The molecular formula is C23H23F4N5O. The largest absolute Gasteiger partial charge is 0.435 e. The number of aromatic nitrogens is 3. The van der Waals surface area contributed by atoms with Gasteiger partial charge >= 0.3 is 6.18 Å². The zero-order valence-corrected chi connectivity index (χ0v) is 17.8. The van der Waals surface area contributed by atoms with E-state index in [2.05, 4.69) is 20.5 Å². The minimum absolute atomic E-state index is 0.0452. The van der Waals surface area contributed by atoms with Crippen LogP contribution in [0, 0.1) is 5.82 Å². The fourth-order valence-corrected chi connectivity index (χ4v) is 3.86. The number of carbonyl (C=O) groups is 1. The predicted molar refractivity (Wildman–Crippen MR) is 113 cm³/mol. The Balaban J connectivity index is 1.44. The van der Waals surface area contributed by atoms with Crippen LogP contribution in [0.4, 0.5) is 17.6 Å². The average Bonchev–Trinajstić information content (AvgIpc) is 3.26. The van der Waals surface area contributed by atoms with E-state index >= 15 is 0 Å². The number of amides is 1. The minimum Gasteiger partial charge on any atom is -0.346 e. The van der Waals surface area contributed by atoms with E-state index in [4.69, 9.17) is 0 Å². The minimum atomic E-state index is -4.89. The van der Waals surface area contributed by atoms with Crippen molar-refractivity contribution in [3.8, 4) is 5.69 Å². The summed E-state index contributed by atoms with van der Waals surface area (Å²) in [7, 11) is 0. The zero-order valence-electron chi connectivity index (χ0n) is 17.8. The van der Waals surface area contributed by atoms with Gasteiger partial charge in [-0.3, -0.25) is 9.69 Å². The molecule has 3 aromatic rings. The molecule has 1 aromatic heterocycles. The number of rotatable bonds is 6. The van der Waals surface area contributed by atoms with E-state index in [1.807, 2.05) is 24.3 Å². The van der Waals surface area contributed by atoms with E-state index < -0.39 is 29.3 Å². The monoisotopic (exact) mass is 461 g/mol. The highest BCUT2D eigenvalue weighted by atomic mass is 19.4. The van der Waals surface area contributed by atoms with Crippen molar-refractivity contribution in [3.05, 3.63) is 76.9 Å². The molecule has 1 aliphatic rings. The molecule has 0 bridgehead atoms. The standard InChI is InChI=1S/C23H23F4N5O/c24-18-8-10-19(11-9-18)32-21(23(25,26)27)20(29-30-32)22(33)28-14-16-4-6-17(7-5-16)15-31-12-2-1-3-13-31/h4-11H,1-3,12-15H2,(H,28,33). The molecule has 0 saturated carbocycles. The first-order valence-corrected chi connectivity index (χ1v) is 10.7. The van der Waals surface area contributed by atoms with Crippen LogP contribution in [0.25, 0.3) is 5.69 Å². The summed E-state index contributed by atoms with van der Waals surface area (Å²) in [4.78, 5) is 14.9. The first-order chi connectivity index (χ1) is 15.8. The molecule has 10 heteroatoms. The number of likely N-dealkylation sites (tertiary alicyclic amines) is 1. The number of nitrogens with one attached hydrogen (secondary N) is 1. The molecule has 1 aliphatic heterocycles. The predicted octanol–water partition coefficient (Wildman–Crippen LogP) is 4.34. The van der Waals surface area contributed by atoms with E-state index in [-0.39, 0.29) is 12.2 Å². The van der Waals surface area contributed by atoms with Gasteiger partial charge in [0.15, 0.2) is 11.4 Å². The van der Waals surface area contributed by atoms with Crippen molar-refractivity contribution < 1.29 is 22.4 Å². The van der Waals surface area contributed by atoms with Crippen LogP contribution < -0.4 is 5.32 Å². The number of piperidine rings is 1. The Hall–Kier alpha value is -3.27. The lowest BCUT2D eigenvalue weighted by molar-refractivity contribution is -0.143. The van der Waals surface area contributed by atoms with Crippen LogP contribution in [0.3, 0.4) is 0 Å². The summed E-state index contributed by atoms with van der Waals surface area (Å²) in [6, 6.07) is 11.9. The van der Waals surface area contributed by atoms with Crippen molar-refractivity contribution in [2.24, 2.45) is 0 Å². The number of benzene rings is 2. The second-order valence-electron chi connectivity index (χ2n) is 8.01. The molecular weight excluding hydrogens is 438 g/mol. The average molecular weight is 461 g/mol. The van der Waals surface area contributed by atoms with Crippen LogP contribution in [-0.4, -0.2) is 38.9 Å². The smallest absolute Gasteiger partial charge is 0.346 e. The van der Waals surface area contributed by atoms with Gasteiger partial charge in [0.2, 0.25) is 0 Å². The maximum atomic E-state index is 13.7. The topological polar surface area (TPSA) is 63.1 Å². The Bertz CT molecular complexity index is 1090. The number of carbonyl (C=O) groups excluding carboxylic acids is 1. The van der Waals surface area contributed by atoms with E-state index in [9.17, 15) is 22.4 Å². The molecule has 2 aromatic carbocycles. The van der Waals surface area contributed by atoms with E-state index in [1.165, 1.54) is 19.3 Å². The Kier molecular flexibility index (Phi) is 6.73. The van der Waals surface area contributed by atoms with Crippen LogP contribution in [0.1, 0.15) is 46.6 Å². The quantitative estimate of drug-likeness (QED) is 0.555. The summed E-state index contributed by atoms with van der Waals surface area (Å²) in [5.74, 6) is -1.60. The van der Waals surface area contributed by atoms with Crippen LogP contribution in [-0.2, 0) is 19.3 Å². The van der Waals surface area contributed by atoms with Gasteiger partial charge in [-0.05, 0) is 61.3 Å². The van der Waals surface area contributed by atoms with Crippen molar-refractivity contribution in [1.82, 2.24) is 25.2 Å². The third-order valence-electron chi connectivity index (χ3n) is 5.56. The molecule has 4 rings (SSSR count). The number of nitrogens with zero attached hydrogens (tertiary/aromatic N) is 4. The van der Waals surface area contributed by atoms with Crippen molar-refractivity contribution in [1.29, 1.82) is 0 Å². The first kappa shape index (κ1) is 22.9. The molecule has 2 heterocycles. The molecule has 0 unspecified atom stereocenters. The molecule has 0 spiro atoms. The molecule has 174 valence electrons. The lowest BCUT2D eigenvalue weighted by Crippen LogP contribution is -2.29. The molecule has 0 aliphatic carbocycles. The molecule has 1 saturated heterocycles. The maximum Gasteiger partial charge on any atom is 0.435 e. The second kappa shape index (κ2) is 9.70. The van der Waals surface area contributed by atoms with Crippen LogP contribution >= 0.6 is 0 Å². The van der Waals surface area contributed by atoms with Crippen molar-refractivity contribution >= 4 is 5.91 Å². The van der Waals surface area contributed by atoms with Gasteiger partial charge in [-0.15, -0.1) is 5.10 Å². The second-order valence-corrected chi connectivity index (χ2v) is 8.01. The van der Waals surface area contributed by atoms with Gasteiger partial charge < -0.3 is 5.32 Å². The molecule has 1 amide bonds. The summed E-state index contributed by atoms with van der Waals surface area (Å²) in [5.41, 5.74) is -0.310. The third-order valence-corrected chi connectivity index (χ3v) is 5.56. The molecule has 1 N–H and O–H groups in total. The summed E-state index contributed by atoms with van der Waals surface area (Å²) < 4.78 is 54.8. The third kappa shape index (κ3) is 5.57. The van der Waals surface area contributed by atoms with Gasteiger partial charge in [0.25, 0.3) is 5.91 Å². The lowest BCUT2D eigenvalue weighted by atomic mass is 10.1. The van der Waals surface area contributed by atoms with Crippen molar-refractivity contribution in [2.45, 2.75) is 38.5 Å². The van der Waals surface area contributed by atoms with Crippen molar-refractivity contribution in [3.63, 3.8) is 0 Å². The Labute approximate surface area is 188 Å². The molecule has 33 heavy (non-hydrogen) atoms. The SMILES string of the molecule is O=C(NCc1ccc(CN2CCCCC2)cc1)c1nnn(-c2ccc(F)cc2)c1C(F)(F)F. The molecule has 1 fully saturated rings. The normalized spacial score (nSPS) is 14.9. The van der Waals surface area contributed by atoms with E-state index in [0.717, 1.165) is 55.0 Å². The van der Waals surface area contributed by atoms with Crippen LogP contribution in [0.15, 0.2) is 48.5 Å². The summed E-state index contributed by atoms with van der Waals surface area (Å²) in [6.07, 6.45) is -1.21. The van der Waals surface area contributed by atoms with Crippen LogP contribution in [0.2, 0.25) is 0 Å². The van der Waals surface area contributed by atoms with Gasteiger partial charge in [0, 0.05) is 13.1 Å². The Morgan fingerprint density at radius 3 is 2.21 bits per heavy atom. The van der Waals surface area contributed by atoms with E-state index in [1.54, 1.807) is 0 Å². The number of halogens is 4. The maximum absolute atomic E-state index is 13.7. The van der Waals surface area contributed by atoms with E-state index in [0.29, 0.717) is 4.68 Å². The van der Waals surface area contributed by atoms with Gasteiger partial charge in [-0.25, -0.2) is 9.07 Å². The Morgan fingerprint density at radius 2 is 1.58 bits per heavy atom. The number of hydrogen-bond donors (Lipinski definition) is 1. The number of alkyl halides is 3. The fourth-order valence-electron chi connectivity index (χ4n) is 3.86. The van der Waals surface area contributed by atoms with Crippen molar-refractivity contribution in [2.75, 3.05) is 13.1 Å². The van der Waals surface area contributed by atoms with Gasteiger partial charge in [0.1, 0.15) is 5.82 Å². The Morgan fingerprint density at radius 1 is 0.939 bits per heavy atom. The highest BCUT2D eigenvalue weighted by Gasteiger charge is 2.42. The molecule has 0 radical (unpaired) electrons. The van der Waals surface area contributed by atoms with Gasteiger partial charge in [-0.1, -0.05) is 35.9 Å². The zero-order chi connectivity index (χ0) is 23.4. The van der Waals surface area contributed by atoms with Gasteiger partial charge in [0.05, 0.1) is 5.69 Å². The summed E-state index contributed by atoms with van der Waals surface area (Å²) in [6.45, 7) is 3.06. The van der Waals surface area contributed by atoms with Gasteiger partial charge in [-0.2, -0.15) is 13.2 Å². The molecule has 0 atom stereocenters. The number of hydrogen-bond acceptors (Lipinski definition) is 4. The first-order valence-electron chi connectivity index (χ1n) is 10.7. The summed E-state index contributed by atoms with van der Waals surface area (Å²) in [5, 5.41) is 9.42. The highest BCUT2D eigenvalue weighted by molar-refractivity contribution is 5.93. The highest BCUT2D eigenvalue weighted by Crippen LogP contribution is 2.32. The molecule has 6 nitrogen and oxygen atoms in total. The summed E-state index contributed by atoms with van der Waals surface area (Å²) >= 11 is 0. The lowest BCUT2D eigenvalue weighted by Gasteiger charge is -2.26. The fraction of sp³-hybridized carbons (Fsp3) is 0.348.